The number of aromatic nitrogens is 2. The molecule has 0 atom stereocenters. The van der Waals surface area contributed by atoms with Crippen LogP contribution in [0.15, 0.2) is 42.5 Å². The summed E-state index contributed by atoms with van der Waals surface area (Å²) in [5, 5.41) is 1.86. The minimum absolute atomic E-state index is 0.216. The molecule has 2 aromatic carbocycles. The van der Waals surface area contributed by atoms with E-state index in [9.17, 15) is 4.79 Å². The molecule has 2 heterocycles. The third-order valence-electron chi connectivity index (χ3n) is 4.83. The van der Waals surface area contributed by atoms with Crippen LogP contribution in [0.3, 0.4) is 0 Å². The Labute approximate surface area is 167 Å². The highest BCUT2D eigenvalue weighted by Crippen LogP contribution is 2.42. The molecule has 148 valence electrons. The van der Waals surface area contributed by atoms with Gasteiger partial charge in [-0.05, 0) is 24.3 Å². The highest BCUT2D eigenvalue weighted by atomic mass is 16.5. The molecule has 7 heteroatoms. The first-order valence-corrected chi connectivity index (χ1v) is 8.91. The quantitative estimate of drug-likeness (QED) is 0.513. The zero-order valence-electron chi connectivity index (χ0n) is 16.5. The Morgan fingerprint density at radius 3 is 2.21 bits per heavy atom. The Hall–Kier alpha value is -3.74. The average Bonchev–Trinajstić information content (AvgIpc) is 3.15. The normalized spacial score (nSPS) is 10.9. The number of fused-ring (bicyclic) bond motifs is 3. The summed E-state index contributed by atoms with van der Waals surface area (Å²) in [7, 11) is 5.99. The van der Waals surface area contributed by atoms with Gasteiger partial charge in [0.05, 0.1) is 39.6 Å². The number of benzene rings is 2. The monoisotopic (exact) mass is 392 g/mol. The van der Waals surface area contributed by atoms with Gasteiger partial charge in [0.25, 0.3) is 0 Å². The summed E-state index contributed by atoms with van der Waals surface area (Å²) >= 11 is 0. The molecule has 0 unspecified atom stereocenters. The molecule has 29 heavy (non-hydrogen) atoms. The van der Waals surface area contributed by atoms with Gasteiger partial charge in [-0.1, -0.05) is 18.2 Å². The number of hydrogen-bond donors (Lipinski definition) is 1. The van der Waals surface area contributed by atoms with E-state index in [1.165, 1.54) is 7.11 Å². The van der Waals surface area contributed by atoms with Crippen LogP contribution in [0.1, 0.15) is 10.5 Å². The van der Waals surface area contributed by atoms with Gasteiger partial charge in [0.2, 0.25) is 5.75 Å². The van der Waals surface area contributed by atoms with Crippen LogP contribution in [-0.4, -0.2) is 44.4 Å². The number of aromatic amines is 1. The van der Waals surface area contributed by atoms with Gasteiger partial charge in [-0.25, -0.2) is 9.78 Å². The second-order valence-corrected chi connectivity index (χ2v) is 6.35. The number of nitrogens with zero attached hydrogens (tertiary/aromatic N) is 1. The van der Waals surface area contributed by atoms with Crippen molar-refractivity contribution in [3.8, 4) is 28.5 Å². The molecule has 4 rings (SSSR count). The number of rotatable bonds is 5. The zero-order chi connectivity index (χ0) is 20.5. The van der Waals surface area contributed by atoms with Gasteiger partial charge >= 0.3 is 5.97 Å². The summed E-state index contributed by atoms with van der Waals surface area (Å²) < 4.78 is 21.3. The standard InChI is InChI=1S/C22H20N2O5/c1-26-17-9-12(10-18(27-2)21(17)28-3)19-20-14(11-16(24-19)22(25)29-4)13-7-5-6-8-15(13)23-20/h5-11,23H,1-4H3. The summed E-state index contributed by atoms with van der Waals surface area (Å²) in [6.07, 6.45) is 0. The maximum Gasteiger partial charge on any atom is 0.356 e. The van der Waals surface area contributed by atoms with Crippen LogP contribution in [0, 0.1) is 0 Å². The first kappa shape index (κ1) is 18.6. The number of para-hydroxylation sites is 1. The van der Waals surface area contributed by atoms with Crippen LogP contribution in [0.4, 0.5) is 0 Å². The van der Waals surface area contributed by atoms with Gasteiger partial charge in [-0.3, -0.25) is 0 Å². The van der Waals surface area contributed by atoms with E-state index in [1.54, 1.807) is 39.5 Å². The van der Waals surface area contributed by atoms with Crippen molar-refractivity contribution in [3.63, 3.8) is 0 Å². The van der Waals surface area contributed by atoms with Crippen molar-refractivity contribution < 1.29 is 23.7 Å². The maximum absolute atomic E-state index is 12.3. The van der Waals surface area contributed by atoms with Gasteiger partial charge < -0.3 is 23.9 Å². The Kier molecular flexibility index (Phi) is 4.72. The second-order valence-electron chi connectivity index (χ2n) is 6.35. The van der Waals surface area contributed by atoms with Crippen LogP contribution in [0.25, 0.3) is 33.1 Å². The Balaban J connectivity index is 2.08. The zero-order valence-corrected chi connectivity index (χ0v) is 16.5. The van der Waals surface area contributed by atoms with Crippen molar-refractivity contribution in [2.75, 3.05) is 28.4 Å². The predicted molar refractivity (Wildman–Crippen MR) is 110 cm³/mol. The molecule has 2 aromatic heterocycles. The summed E-state index contributed by atoms with van der Waals surface area (Å²) in [6.45, 7) is 0. The van der Waals surface area contributed by atoms with Crippen LogP contribution in [0.5, 0.6) is 17.2 Å². The van der Waals surface area contributed by atoms with E-state index in [0.29, 0.717) is 28.5 Å². The second kappa shape index (κ2) is 7.35. The number of esters is 1. The molecule has 0 saturated carbocycles. The van der Waals surface area contributed by atoms with Crippen LogP contribution in [-0.2, 0) is 4.74 Å². The van der Waals surface area contributed by atoms with Crippen molar-refractivity contribution in [1.29, 1.82) is 0 Å². The SMILES string of the molecule is COC(=O)c1cc2c([nH]c3ccccc32)c(-c2cc(OC)c(OC)c(OC)c2)n1. The fraction of sp³-hybridized carbons (Fsp3) is 0.182. The predicted octanol–water partition coefficient (Wildman–Crippen LogP) is 4.20. The molecule has 0 spiro atoms. The fourth-order valence-corrected chi connectivity index (χ4v) is 3.48. The molecule has 0 amide bonds. The topological polar surface area (TPSA) is 82.7 Å². The van der Waals surface area contributed by atoms with Crippen molar-refractivity contribution in [2.24, 2.45) is 0 Å². The number of nitrogens with one attached hydrogen (secondary N) is 1. The summed E-state index contributed by atoms with van der Waals surface area (Å²) in [6, 6.07) is 13.2. The van der Waals surface area contributed by atoms with Crippen LogP contribution >= 0.6 is 0 Å². The number of carbonyl (C=O) groups excluding carboxylic acids is 1. The molecule has 4 aromatic rings. The van der Waals surface area contributed by atoms with E-state index in [2.05, 4.69) is 9.97 Å². The summed E-state index contributed by atoms with van der Waals surface area (Å²) in [5.74, 6) is 0.967. The molecule has 0 aliphatic carbocycles. The first-order valence-electron chi connectivity index (χ1n) is 8.91. The lowest BCUT2D eigenvalue weighted by atomic mass is 10.1. The van der Waals surface area contributed by atoms with E-state index >= 15 is 0 Å². The third kappa shape index (κ3) is 3.00. The summed E-state index contributed by atoms with van der Waals surface area (Å²) in [5.41, 5.74) is 3.25. The highest BCUT2D eigenvalue weighted by molar-refractivity contribution is 6.12. The minimum Gasteiger partial charge on any atom is -0.493 e. The van der Waals surface area contributed by atoms with Gasteiger partial charge in [0, 0.05) is 21.9 Å². The molecule has 0 saturated heterocycles. The van der Waals surface area contributed by atoms with E-state index < -0.39 is 5.97 Å². The van der Waals surface area contributed by atoms with Gasteiger partial charge in [0.15, 0.2) is 11.5 Å². The number of methoxy groups -OCH3 is 4. The Morgan fingerprint density at radius 1 is 0.897 bits per heavy atom. The lowest BCUT2D eigenvalue weighted by Crippen LogP contribution is -2.05. The number of ether oxygens (including phenoxy) is 4. The molecule has 0 fully saturated rings. The maximum atomic E-state index is 12.3. The van der Waals surface area contributed by atoms with Crippen molar-refractivity contribution in [2.45, 2.75) is 0 Å². The van der Waals surface area contributed by atoms with Crippen molar-refractivity contribution in [1.82, 2.24) is 9.97 Å². The molecule has 0 aliphatic rings. The van der Waals surface area contributed by atoms with Crippen LogP contribution in [0.2, 0.25) is 0 Å². The highest BCUT2D eigenvalue weighted by Gasteiger charge is 2.20. The lowest BCUT2D eigenvalue weighted by Gasteiger charge is -2.14. The van der Waals surface area contributed by atoms with Crippen molar-refractivity contribution >= 4 is 27.8 Å². The number of H-pyrrole nitrogens is 1. The van der Waals surface area contributed by atoms with Gasteiger partial charge in [-0.2, -0.15) is 0 Å². The van der Waals surface area contributed by atoms with E-state index in [-0.39, 0.29) is 5.69 Å². The number of hydrogen-bond acceptors (Lipinski definition) is 6. The number of carbonyl (C=O) groups is 1. The Morgan fingerprint density at radius 2 is 1.59 bits per heavy atom. The number of pyridine rings is 1. The molecule has 0 radical (unpaired) electrons. The van der Waals surface area contributed by atoms with E-state index in [0.717, 1.165) is 21.8 Å². The van der Waals surface area contributed by atoms with Gasteiger partial charge in [0.1, 0.15) is 5.69 Å². The molecule has 1 N–H and O–H groups in total. The molecule has 0 bridgehead atoms. The molecule has 7 nitrogen and oxygen atoms in total. The van der Waals surface area contributed by atoms with Crippen LogP contribution < -0.4 is 14.2 Å². The molecular weight excluding hydrogens is 372 g/mol. The molecular formula is C22H20N2O5. The van der Waals surface area contributed by atoms with Crippen molar-refractivity contribution in [3.05, 3.63) is 48.2 Å². The molecule has 0 aliphatic heterocycles. The Bertz CT molecular complexity index is 1200. The van der Waals surface area contributed by atoms with Gasteiger partial charge in [-0.15, -0.1) is 0 Å². The fourth-order valence-electron chi connectivity index (χ4n) is 3.48. The average molecular weight is 392 g/mol. The lowest BCUT2D eigenvalue weighted by molar-refractivity contribution is 0.0594. The smallest absolute Gasteiger partial charge is 0.356 e. The van der Waals surface area contributed by atoms with E-state index in [4.69, 9.17) is 18.9 Å². The third-order valence-corrected chi connectivity index (χ3v) is 4.83. The van der Waals surface area contributed by atoms with E-state index in [1.807, 2.05) is 24.3 Å². The first-order chi connectivity index (χ1) is 14.1. The largest absolute Gasteiger partial charge is 0.493 e. The summed E-state index contributed by atoms with van der Waals surface area (Å²) in [4.78, 5) is 20.3. The minimum atomic E-state index is -0.508.